The summed E-state index contributed by atoms with van der Waals surface area (Å²) in [5, 5.41) is 2.69. The van der Waals surface area contributed by atoms with Gasteiger partial charge >= 0.3 is 0 Å². The van der Waals surface area contributed by atoms with Crippen LogP contribution < -0.4 is 15.8 Å². The normalized spacial score (nSPS) is 11.5. The van der Waals surface area contributed by atoms with E-state index in [9.17, 15) is 9.59 Å². The highest BCUT2D eigenvalue weighted by Gasteiger charge is 2.19. The standard InChI is InChI=1S/C18H20N2O3/c1-23-15-10-7-13(8-11-15)9-12-16(21)20-17(18(19)22)14-5-3-2-4-6-14/h2-8,10-11,17H,9,12H2,1H3,(H2,19,22)(H,20,21). The molecular formula is C18H20N2O3. The molecule has 23 heavy (non-hydrogen) atoms. The zero-order chi connectivity index (χ0) is 16.7. The van der Waals surface area contributed by atoms with Gasteiger partial charge in [-0.15, -0.1) is 0 Å². The van der Waals surface area contributed by atoms with Crippen LogP contribution in [0.5, 0.6) is 5.75 Å². The number of rotatable bonds is 7. The summed E-state index contributed by atoms with van der Waals surface area (Å²) in [5.74, 6) is -0.0152. The molecule has 0 radical (unpaired) electrons. The fourth-order valence-electron chi connectivity index (χ4n) is 2.25. The average Bonchev–Trinajstić information content (AvgIpc) is 2.58. The molecule has 1 atom stereocenters. The van der Waals surface area contributed by atoms with E-state index in [4.69, 9.17) is 10.5 Å². The van der Waals surface area contributed by atoms with Crippen LogP contribution in [-0.4, -0.2) is 18.9 Å². The summed E-state index contributed by atoms with van der Waals surface area (Å²) >= 11 is 0. The Hall–Kier alpha value is -2.82. The van der Waals surface area contributed by atoms with Crippen molar-refractivity contribution in [3.05, 3.63) is 65.7 Å². The molecule has 0 spiro atoms. The molecule has 2 aromatic rings. The first kappa shape index (κ1) is 16.5. The van der Waals surface area contributed by atoms with Crippen LogP contribution in [0.1, 0.15) is 23.6 Å². The van der Waals surface area contributed by atoms with Gasteiger partial charge in [0.25, 0.3) is 0 Å². The van der Waals surface area contributed by atoms with E-state index in [0.29, 0.717) is 12.0 Å². The lowest BCUT2D eigenvalue weighted by molar-refractivity contribution is -0.127. The minimum absolute atomic E-state index is 0.214. The number of hydrogen-bond acceptors (Lipinski definition) is 3. The third-order valence-electron chi connectivity index (χ3n) is 3.52. The van der Waals surface area contributed by atoms with Gasteiger partial charge in [-0.05, 0) is 29.7 Å². The van der Waals surface area contributed by atoms with Crippen molar-refractivity contribution in [3.63, 3.8) is 0 Å². The van der Waals surface area contributed by atoms with Gasteiger partial charge < -0.3 is 15.8 Å². The Bertz CT molecular complexity index is 654. The molecule has 5 nitrogen and oxygen atoms in total. The summed E-state index contributed by atoms with van der Waals surface area (Å²) in [6.45, 7) is 0. The monoisotopic (exact) mass is 312 g/mol. The van der Waals surface area contributed by atoms with Crippen LogP contribution in [-0.2, 0) is 16.0 Å². The largest absolute Gasteiger partial charge is 0.497 e. The number of carbonyl (C=O) groups is 2. The molecule has 1 unspecified atom stereocenters. The third-order valence-corrected chi connectivity index (χ3v) is 3.52. The summed E-state index contributed by atoms with van der Waals surface area (Å²) in [6, 6.07) is 15.7. The second kappa shape index (κ2) is 7.98. The van der Waals surface area contributed by atoms with E-state index >= 15 is 0 Å². The van der Waals surface area contributed by atoms with Gasteiger partial charge in [0.05, 0.1) is 7.11 Å². The van der Waals surface area contributed by atoms with Crippen LogP contribution in [0.15, 0.2) is 54.6 Å². The summed E-state index contributed by atoms with van der Waals surface area (Å²) in [4.78, 5) is 23.7. The lowest BCUT2D eigenvalue weighted by Crippen LogP contribution is -2.37. The van der Waals surface area contributed by atoms with Gasteiger partial charge in [0.2, 0.25) is 11.8 Å². The van der Waals surface area contributed by atoms with E-state index in [1.165, 1.54) is 0 Å². The number of ether oxygens (including phenoxy) is 1. The average molecular weight is 312 g/mol. The molecule has 0 saturated heterocycles. The van der Waals surface area contributed by atoms with Crippen LogP contribution in [0.25, 0.3) is 0 Å². The number of carbonyl (C=O) groups excluding carboxylic acids is 2. The zero-order valence-corrected chi connectivity index (χ0v) is 13.0. The maximum atomic E-state index is 12.1. The molecule has 0 saturated carbocycles. The minimum atomic E-state index is -0.806. The van der Waals surface area contributed by atoms with Crippen molar-refractivity contribution in [1.82, 2.24) is 5.32 Å². The van der Waals surface area contributed by atoms with Crippen LogP contribution in [0, 0.1) is 0 Å². The summed E-state index contributed by atoms with van der Waals surface area (Å²) in [7, 11) is 1.61. The van der Waals surface area contributed by atoms with Gasteiger partial charge in [-0.1, -0.05) is 42.5 Å². The first-order valence-corrected chi connectivity index (χ1v) is 7.36. The highest BCUT2D eigenvalue weighted by molar-refractivity contribution is 5.87. The second-order valence-electron chi connectivity index (χ2n) is 5.16. The Morgan fingerprint density at radius 2 is 1.74 bits per heavy atom. The van der Waals surface area contributed by atoms with Gasteiger partial charge in [0, 0.05) is 6.42 Å². The van der Waals surface area contributed by atoms with Gasteiger partial charge in [0.15, 0.2) is 0 Å². The van der Waals surface area contributed by atoms with Crippen molar-refractivity contribution >= 4 is 11.8 Å². The minimum Gasteiger partial charge on any atom is -0.497 e. The predicted octanol–water partition coefficient (Wildman–Crippen LogP) is 1.97. The number of methoxy groups -OCH3 is 1. The summed E-state index contributed by atoms with van der Waals surface area (Å²) < 4.78 is 5.09. The Morgan fingerprint density at radius 3 is 2.30 bits per heavy atom. The number of benzene rings is 2. The molecular weight excluding hydrogens is 292 g/mol. The van der Waals surface area contributed by atoms with E-state index in [-0.39, 0.29) is 12.3 Å². The molecule has 0 aliphatic carbocycles. The third kappa shape index (κ3) is 4.85. The highest BCUT2D eigenvalue weighted by atomic mass is 16.5. The molecule has 0 aliphatic rings. The Balaban J connectivity index is 1.93. The van der Waals surface area contributed by atoms with Gasteiger partial charge in [-0.2, -0.15) is 0 Å². The van der Waals surface area contributed by atoms with E-state index in [2.05, 4.69) is 5.32 Å². The molecule has 0 aliphatic heterocycles. The Morgan fingerprint density at radius 1 is 1.09 bits per heavy atom. The van der Waals surface area contributed by atoms with E-state index in [0.717, 1.165) is 11.3 Å². The van der Waals surface area contributed by atoms with Gasteiger partial charge in [0.1, 0.15) is 11.8 Å². The number of primary amides is 1. The fraction of sp³-hybridized carbons (Fsp3) is 0.222. The molecule has 2 amide bonds. The topological polar surface area (TPSA) is 81.4 Å². The van der Waals surface area contributed by atoms with Gasteiger partial charge in [-0.3, -0.25) is 9.59 Å². The molecule has 5 heteroatoms. The molecule has 0 bridgehead atoms. The SMILES string of the molecule is COc1ccc(CCC(=O)NC(C(N)=O)c2ccccc2)cc1. The lowest BCUT2D eigenvalue weighted by atomic mass is 10.1. The number of amides is 2. The van der Waals surface area contributed by atoms with Crippen molar-refractivity contribution in [2.75, 3.05) is 7.11 Å². The summed E-state index contributed by atoms with van der Waals surface area (Å²) in [5.41, 5.74) is 7.09. The van der Waals surface area contributed by atoms with E-state index in [1.807, 2.05) is 30.3 Å². The maximum Gasteiger partial charge on any atom is 0.244 e. The number of nitrogens with one attached hydrogen (secondary N) is 1. The van der Waals surface area contributed by atoms with Crippen molar-refractivity contribution < 1.29 is 14.3 Å². The molecule has 120 valence electrons. The Kier molecular flexibility index (Phi) is 5.74. The molecule has 0 fully saturated rings. The van der Waals surface area contributed by atoms with Crippen LogP contribution in [0.4, 0.5) is 0 Å². The second-order valence-corrected chi connectivity index (χ2v) is 5.16. The van der Waals surface area contributed by atoms with Crippen molar-refractivity contribution in [3.8, 4) is 5.75 Å². The number of aryl methyl sites for hydroxylation is 1. The first-order chi connectivity index (χ1) is 11.1. The van der Waals surface area contributed by atoms with Crippen LogP contribution in [0.3, 0.4) is 0 Å². The molecule has 3 N–H and O–H groups in total. The number of hydrogen-bond donors (Lipinski definition) is 2. The molecule has 0 aromatic heterocycles. The predicted molar refractivity (Wildman–Crippen MR) is 87.8 cm³/mol. The quantitative estimate of drug-likeness (QED) is 0.820. The number of nitrogens with two attached hydrogens (primary N) is 1. The smallest absolute Gasteiger partial charge is 0.244 e. The Labute approximate surface area is 135 Å². The maximum absolute atomic E-state index is 12.1. The van der Waals surface area contributed by atoms with Crippen molar-refractivity contribution in [1.29, 1.82) is 0 Å². The van der Waals surface area contributed by atoms with E-state index in [1.54, 1.807) is 31.4 Å². The summed E-state index contributed by atoms with van der Waals surface area (Å²) in [6.07, 6.45) is 0.860. The lowest BCUT2D eigenvalue weighted by Gasteiger charge is -2.15. The highest BCUT2D eigenvalue weighted by Crippen LogP contribution is 2.14. The van der Waals surface area contributed by atoms with Crippen molar-refractivity contribution in [2.45, 2.75) is 18.9 Å². The van der Waals surface area contributed by atoms with Crippen molar-refractivity contribution in [2.24, 2.45) is 5.73 Å². The molecule has 0 heterocycles. The van der Waals surface area contributed by atoms with E-state index < -0.39 is 11.9 Å². The zero-order valence-electron chi connectivity index (χ0n) is 13.0. The van der Waals surface area contributed by atoms with Gasteiger partial charge in [-0.25, -0.2) is 0 Å². The first-order valence-electron chi connectivity index (χ1n) is 7.36. The molecule has 2 aromatic carbocycles. The van der Waals surface area contributed by atoms with Crippen LogP contribution in [0.2, 0.25) is 0 Å². The van der Waals surface area contributed by atoms with Crippen LogP contribution >= 0.6 is 0 Å². The molecule has 2 rings (SSSR count). The fourth-order valence-corrected chi connectivity index (χ4v) is 2.25.